The molecule has 1 N–H and O–H groups in total. The van der Waals surface area contributed by atoms with E-state index in [9.17, 15) is 0 Å². The van der Waals surface area contributed by atoms with Gasteiger partial charge < -0.3 is 5.32 Å². The fourth-order valence-electron chi connectivity index (χ4n) is 2.26. The summed E-state index contributed by atoms with van der Waals surface area (Å²) >= 11 is 0. The summed E-state index contributed by atoms with van der Waals surface area (Å²) in [5.74, 6) is 0. The Balaban J connectivity index is 1.97. The van der Waals surface area contributed by atoms with Crippen molar-refractivity contribution in [2.75, 3.05) is 13.6 Å². The molecule has 0 aliphatic heterocycles. The smallest absolute Gasteiger partial charge is 0.0630 e. The Morgan fingerprint density at radius 1 is 1.56 bits per heavy atom. The molecule has 3 heteroatoms. The summed E-state index contributed by atoms with van der Waals surface area (Å²) in [6.45, 7) is 5.55. The first kappa shape index (κ1) is 11.6. The molecule has 0 aromatic carbocycles. The van der Waals surface area contributed by atoms with Gasteiger partial charge in [0.05, 0.1) is 5.69 Å². The van der Waals surface area contributed by atoms with E-state index in [1.807, 2.05) is 7.05 Å². The van der Waals surface area contributed by atoms with Crippen LogP contribution < -0.4 is 5.32 Å². The van der Waals surface area contributed by atoms with Crippen LogP contribution in [0, 0.1) is 5.41 Å². The van der Waals surface area contributed by atoms with E-state index in [0.29, 0.717) is 11.5 Å². The summed E-state index contributed by atoms with van der Waals surface area (Å²) in [6, 6.07) is 2.70. The summed E-state index contributed by atoms with van der Waals surface area (Å²) in [6.07, 6.45) is 7.10. The average Bonchev–Trinajstić information content (AvgIpc) is 2.87. The van der Waals surface area contributed by atoms with Gasteiger partial charge in [0.2, 0.25) is 0 Å². The van der Waals surface area contributed by atoms with Crippen LogP contribution in [0.25, 0.3) is 0 Å². The fourth-order valence-corrected chi connectivity index (χ4v) is 2.26. The molecule has 1 aromatic rings. The zero-order chi connectivity index (χ0) is 11.6. The van der Waals surface area contributed by atoms with Crippen LogP contribution in [0.4, 0.5) is 0 Å². The van der Waals surface area contributed by atoms with Gasteiger partial charge in [-0.2, -0.15) is 5.10 Å². The number of nitrogens with zero attached hydrogens (tertiary/aromatic N) is 2. The zero-order valence-electron chi connectivity index (χ0n) is 10.7. The van der Waals surface area contributed by atoms with Crippen LogP contribution in [0.3, 0.4) is 0 Å². The lowest BCUT2D eigenvalue weighted by Gasteiger charge is -2.13. The molecule has 2 rings (SSSR count). The lowest BCUT2D eigenvalue weighted by molar-refractivity contribution is 0.447. The van der Waals surface area contributed by atoms with Crippen molar-refractivity contribution in [2.45, 2.75) is 45.6 Å². The quantitative estimate of drug-likeness (QED) is 0.799. The molecular weight excluding hydrogens is 198 g/mol. The van der Waals surface area contributed by atoms with Crippen LogP contribution in [-0.4, -0.2) is 23.4 Å². The normalized spacial score (nSPS) is 19.7. The Hall–Kier alpha value is -0.830. The molecule has 90 valence electrons. The predicted molar refractivity (Wildman–Crippen MR) is 66.5 cm³/mol. The summed E-state index contributed by atoms with van der Waals surface area (Å²) in [4.78, 5) is 0. The molecule has 1 saturated carbocycles. The van der Waals surface area contributed by atoms with Crippen molar-refractivity contribution in [3.8, 4) is 0 Å². The number of aromatic nitrogens is 2. The van der Waals surface area contributed by atoms with E-state index in [-0.39, 0.29) is 0 Å². The van der Waals surface area contributed by atoms with Crippen LogP contribution in [0.5, 0.6) is 0 Å². The van der Waals surface area contributed by atoms with Gasteiger partial charge in [0.15, 0.2) is 0 Å². The van der Waals surface area contributed by atoms with E-state index >= 15 is 0 Å². The molecule has 1 aliphatic rings. The van der Waals surface area contributed by atoms with E-state index in [2.05, 4.69) is 41.2 Å². The van der Waals surface area contributed by atoms with Gasteiger partial charge in [-0.15, -0.1) is 0 Å². The highest BCUT2D eigenvalue weighted by Gasteiger charge is 2.42. The van der Waals surface area contributed by atoms with Crippen LogP contribution in [0.2, 0.25) is 0 Å². The minimum Gasteiger partial charge on any atom is -0.319 e. The van der Waals surface area contributed by atoms with Crippen molar-refractivity contribution in [1.29, 1.82) is 0 Å². The maximum atomic E-state index is 4.68. The largest absolute Gasteiger partial charge is 0.319 e. The lowest BCUT2D eigenvalue weighted by Crippen LogP contribution is -2.22. The first-order valence-electron chi connectivity index (χ1n) is 6.38. The second-order valence-electron chi connectivity index (χ2n) is 5.25. The summed E-state index contributed by atoms with van der Waals surface area (Å²) < 4.78 is 2.10. The number of hydrogen-bond acceptors (Lipinski definition) is 2. The number of nitrogens with one attached hydrogen (secondary N) is 1. The first-order valence-corrected chi connectivity index (χ1v) is 6.38. The van der Waals surface area contributed by atoms with Gasteiger partial charge in [0, 0.05) is 18.8 Å². The summed E-state index contributed by atoms with van der Waals surface area (Å²) in [5.41, 5.74) is 1.77. The molecule has 0 spiro atoms. The molecule has 1 heterocycles. The molecule has 1 aromatic heterocycles. The molecule has 0 saturated heterocycles. The van der Waals surface area contributed by atoms with Gasteiger partial charge in [0.25, 0.3) is 0 Å². The third kappa shape index (κ3) is 2.46. The van der Waals surface area contributed by atoms with Crippen LogP contribution in [-0.2, 0) is 6.42 Å². The molecule has 0 amide bonds. The van der Waals surface area contributed by atoms with Gasteiger partial charge in [-0.05, 0) is 51.1 Å². The second-order valence-corrected chi connectivity index (χ2v) is 5.25. The minimum atomic E-state index is 0.517. The van der Waals surface area contributed by atoms with E-state index in [1.54, 1.807) is 0 Å². The Bertz CT molecular complexity index is 339. The molecule has 1 aliphatic carbocycles. The van der Waals surface area contributed by atoms with Crippen LogP contribution >= 0.6 is 0 Å². The maximum absolute atomic E-state index is 4.68. The van der Waals surface area contributed by atoms with E-state index in [1.165, 1.54) is 18.5 Å². The maximum Gasteiger partial charge on any atom is 0.0630 e. The SMILES string of the molecule is CCC(C)n1ccc(CC2(CNC)CC2)n1. The zero-order valence-corrected chi connectivity index (χ0v) is 10.7. The van der Waals surface area contributed by atoms with Crippen LogP contribution in [0.15, 0.2) is 12.3 Å². The Morgan fingerprint density at radius 2 is 2.31 bits per heavy atom. The molecule has 3 nitrogen and oxygen atoms in total. The molecule has 0 bridgehead atoms. The number of hydrogen-bond donors (Lipinski definition) is 1. The topological polar surface area (TPSA) is 29.9 Å². The van der Waals surface area contributed by atoms with E-state index < -0.39 is 0 Å². The van der Waals surface area contributed by atoms with Crippen LogP contribution in [0.1, 0.15) is 44.8 Å². The molecule has 16 heavy (non-hydrogen) atoms. The Kier molecular flexibility index (Phi) is 3.33. The molecular formula is C13H23N3. The summed E-state index contributed by atoms with van der Waals surface area (Å²) in [5, 5.41) is 7.97. The van der Waals surface area contributed by atoms with Gasteiger partial charge in [0.1, 0.15) is 0 Å². The van der Waals surface area contributed by atoms with Gasteiger partial charge in [-0.25, -0.2) is 0 Å². The number of rotatable bonds is 6. The second kappa shape index (κ2) is 4.58. The minimum absolute atomic E-state index is 0.517. The molecule has 0 radical (unpaired) electrons. The standard InChI is InChI=1S/C13H23N3/c1-4-11(2)16-8-5-12(15-16)9-13(6-7-13)10-14-3/h5,8,11,14H,4,6-7,9-10H2,1-3H3. The highest BCUT2D eigenvalue weighted by molar-refractivity contribution is 5.09. The van der Waals surface area contributed by atoms with Crippen molar-refractivity contribution < 1.29 is 0 Å². The molecule has 1 fully saturated rings. The Morgan fingerprint density at radius 3 is 2.88 bits per heavy atom. The van der Waals surface area contributed by atoms with Crippen molar-refractivity contribution in [1.82, 2.24) is 15.1 Å². The third-order valence-corrected chi connectivity index (χ3v) is 3.77. The predicted octanol–water partition coefficient (Wildman–Crippen LogP) is 2.40. The van der Waals surface area contributed by atoms with Crippen molar-refractivity contribution >= 4 is 0 Å². The van der Waals surface area contributed by atoms with Crippen molar-refractivity contribution in [3.63, 3.8) is 0 Å². The van der Waals surface area contributed by atoms with Crippen molar-refractivity contribution in [3.05, 3.63) is 18.0 Å². The Labute approximate surface area is 98.2 Å². The fraction of sp³-hybridized carbons (Fsp3) is 0.769. The highest BCUT2D eigenvalue weighted by Crippen LogP contribution is 2.47. The van der Waals surface area contributed by atoms with Gasteiger partial charge >= 0.3 is 0 Å². The third-order valence-electron chi connectivity index (χ3n) is 3.77. The van der Waals surface area contributed by atoms with Gasteiger partial charge in [-0.3, -0.25) is 4.68 Å². The van der Waals surface area contributed by atoms with Gasteiger partial charge in [-0.1, -0.05) is 6.92 Å². The monoisotopic (exact) mass is 221 g/mol. The first-order chi connectivity index (χ1) is 7.69. The van der Waals surface area contributed by atoms with Crippen molar-refractivity contribution in [2.24, 2.45) is 5.41 Å². The van der Waals surface area contributed by atoms with E-state index in [4.69, 9.17) is 0 Å². The summed E-state index contributed by atoms with van der Waals surface area (Å²) in [7, 11) is 2.04. The molecule has 1 atom stereocenters. The van der Waals surface area contributed by atoms with E-state index in [0.717, 1.165) is 19.4 Å². The highest BCUT2D eigenvalue weighted by atomic mass is 15.3. The average molecular weight is 221 g/mol. The lowest BCUT2D eigenvalue weighted by atomic mass is 10.0. The molecule has 1 unspecified atom stereocenters.